The predicted octanol–water partition coefficient (Wildman–Crippen LogP) is 3.20. The first-order chi connectivity index (χ1) is 6.75. The molecule has 0 spiro atoms. The van der Waals surface area contributed by atoms with Gasteiger partial charge in [-0.3, -0.25) is 0 Å². The van der Waals surface area contributed by atoms with Crippen molar-refractivity contribution in [2.24, 2.45) is 11.8 Å². The summed E-state index contributed by atoms with van der Waals surface area (Å²) in [7, 11) is 0. The number of piperidine rings is 1. The molecule has 1 saturated heterocycles. The first-order valence-electron chi connectivity index (χ1n) is 5.89. The molecule has 0 saturated carbocycles. The van der Waals surface area contributed by atoms with Crippen LogP contribution >= 0.6 is 0 Å². The van der Waals surface area contributed by atoms with Gasteiger partial charge in [-0.25, -0.2) is 0 Å². The molecule has 0 aromatic rings. The van der Waals surface area contributed by atoms with E-state index < -0.39 is 0 Å². The number of hydrogen-bond donors (Lipinski definition) is 0. The van der Waals surface area contributed by atoms with Gasteiger partial charge in [0.15, 0.2) is 0 Å². The predicted molar refractivity (Wildman–Crippen MR) is 61.0 cm³/mol. The first-order valence-corrected chi connectivity index (χ1v) is 5.89. The molecule has 0 aromatic carbocycles. The van der Waals surface area contributed by atoms with Crippen LogP contribution in [0.3, 0.4) is 0 Å². The van der Waals surface area contributed by atoms with Gasteiger partial charge in [0, 0.05) is 18.8 Å². The zero-order valence-electron chi connectivity index (χ0n) is 9.37. The van der Waals surface area contributed by atoms with Crippen molar-refractivity contribution in [3.8, 4) is 0 Å². The van der Waals surface area contributed by atoms with E-state index in [0.29, 0.717) is 0 Å². The smallest absolute Gasteiger partial charge is 0.0322 e. The number of hydrogen-bond acceptors (Lipinski definition) is 1. The van der Waals surface area contributed by atoms with Crippen molar-refractivity contribution in [2.45, 2.75) is 33.1 Å². The lowest BCUT2D eigenvalue weighted by molar-refractivity contribution is 0.241. The highest BCUT2D eigenvalue weighted by atomic mass is 15.1. The molecule has 2 rings (SSSR count). The van der Waals surface area contributed by atoms with Crippen LogP contribution in [0.2, 0.25) is 0 Å². The molecule has 1 fully saturated rings. The average Bonchev–Trinajstić information content (AvgIpc) is 2.21. The molecule has 1 aliphatic carbocycles. The molecule has 1 heteroatoms. The molecular weight excluding hydrogens is 170 g/mol. The van der Waals surface area contributed by atoms with Crippen LogP contribution in [0.4, 0.5) is 0 Å². The SMILES string of the molecule is CC1C=CC(N2CCC(C)CC2)=CC1. The van der Waals surface area contributed by atoms with Crippen molar-refractivity contribution in [3.63, 3.8) is 0 Å². The van der Waals surface area contributed by atoms with Crippen molar-refractivity contribution in [1.82, 2.24) is 4.90 Å². The Morgan fingerprint density at radius 1 is 1.21 bits per heavy atom. The van der Waals surface area contributed by atoms with Gasteiger partial charge in [0.1, 0.15) is 0 Å². The van der Waals surface area contributed by atoms with Crippen molar-refractivity contribution < 1.29 is 0 Å². The van der Waals surface area contributed by atoms with E-state index in [-0.39, 0.29) is 0 Å². The van der Waals surface area contributed by atoms with Crippen molar-refractivity contribution in [2.75, 3.05) is 13.1 Å². The molecule has 1 nitrogen and oxygen atoms in total. The van der Waals surface area contributed by atoms with Crippen LogP contribution in [0, 0.1) is 11.8 Å². The molecule has 1 atom stereocenters. The van der Waals surface area contributed by atoms with E-state index >= 15 is 0 Å². The largest absolute Gasteiger partial charge is 0.372 e. The average molecular weight is 191 g/mol. The molecular formula is C13H21N. The van der Waals surface area contributed by atoms with E-state index in [1.54, 1.807) is 0 Å². The van der Waals surface area contributed by atoms with Gasteiger partial charge >= 0.3 is 0 Å². The summed E-state index contributed by atoms with van der Waals surface area (Å²) in [5.41, 5.74) is 1.47. The second-order valence-electron chi connectivity index (χ2n) is 4.87. The Morgan fingerprint density at radius 3 is 2.50 bits per heavy atom. The highest BCUT2D eigenvalue weighted by molar-refractivity contribution is 5.22. The number of rotatable bonds is 1. The first kappa shape index (κ1) is 9.82. The third-order valence-electron chi connectivity index (χ3n) is 3.44. The summed E-state index contributed by atoms with van der Waals surface area (Å²) in [6.45, 7) is 7.16. The molecule has 1 unspecified atom stereocenters. The number of nitrogens with zero attached hydrogens (tertiary/aromatic N) is 1. The summed E-state index contributed by atoms with van der Waals surface area (Å²) in [5, 5.41) is 0. The second kappa shape index (κ2) is 4.20. The van der Waals surface area contributed by atoms with Crippen LogP contribution in [0.1, 0.15) is 33.1 Å². The minimum atomic E-state index is 0.738. The summed E-state index contributed by atoms with van der Waals surface area (Å²) >= 11 is 0. The molecule has 14 heavy (non-hydrogen) atoms. The fourth-order valence-corrected chi connectivity index (χ4v) is 2.22. The quantitative estimate of drug-likeness (QED) is 0.615. The molecule has 0 N–H and O–H groups in total. The summed E-state index contributed by atoms with van der Waals surface area (Å²) in [5.74, 6) is 1.67. The van der Waals surface area contributed by atoms with E-state index in [1.807, 2.05) is 0 Å². The minimum absolute atomic E-state index is 0.738. The Kier molecular flexibility index (Phi) is 2.95. The maximum atomic E-state index is 2.54. The highest BCUT2D eigenvalue weighted by Gasteiger charge is 2.17. The van der Waals surface area contributed by atoms with Gasteiger partial charge in [-0.1, -0.05) is 26.0 Å². The van der Waals surface area contributed by atoms with Crippen LogP contribution in [0.15, 0.2) is 23.9 Å². The molecule has 0 bridgehead atoms. The summed E-state index contributed by atoms with van der Waals surface area (Å²) in [6, 6.07) is 0. The molecule has 0 amide bonds. The third-order valence-corrected chi connectivity index (χ3v) is 3.44. The normalized spacial score (nSPS) is 29.1. The summed E-state index contributed by atoms with van der Waals surface area (Å²) in [6.07, 6.45) is 11.0. The van der Waals surface area contributed by atoms with E-state index in [1.165, 1.54) is 38.0 Å². The standard InChI is InChI=1S/C13H21N/c1-11-3-5-13(6-4-11)14-9-7-12(2)8-10-14/h3,5-6,11-12H,4,7-10H2,1-2H3. The van der Waals surface area contributed by atoms with Gasteiger partial charge in [0.25, 0.3) is 0 Å². The van der Waals surface area contributed by atoms with Gasteiger partial charge < -0.3 is 4.90 Å². The topological polar surface area (TPSA) is 3.24 Å². The zero-order valence-corrected chi connectivity index (χ0v) is 9.37. The second-order valence-corrected chi connectivity index (χ2v) is 4.87. The minimum Gasteiger partial charge on any atom is -0.372 e. The van der Waals surface area contributed by atoms with Crippen LogP contribution in [0.5, 0.6) is 0 Å². The van der Waals surface area contributed by atoms with Gasteiger partial charge in [-0.15, -0.1) is 0 Å². The number of allylic oxidation sites excluding steroid dienone is 3. The van der Waals surface area contributed by atoms with Crippen LogP contribution in [-0.2, 0) is 0 Å². The lowest BCUT2D eigenvalue weighted by Gasteiger charge is -2.34. The molecule has 2 aliphatic rings. The van der Waals surface area contributed by atoms with Crippen LogP contribution in [0.25, 0.3) is 0 Å². The van der Waals surface area contributed by atoms with Gasteiger partial charge in [0.05, 0.1) is 0 Å². The highest BCUT2D eigenvalue weighted by Crippen LogP contribution is 2.24. The van der Waals surface area contributed by atoms with Crippen molar-refractivity contribution in [3.05, 3.63) is 23.9 Å². The van der Waals surface area contributed by atoms with E-state index in [4.69, 9.17) is 0 Å². The van der Waals surface area contributed by atoms with Gasteiger partial charge in [0.2, 0.25) is 0 Å². The van der Waals surface area contributed by atoms with Crippen molar-refractivity contribution in [1.29, 1.82) is 0 Å². The maximum absolute atomic E-state index is 2.54. The van der Waals surface area contributed by atoms with E-state index in [9.17, 15) is 0 Å². The Morgan fingerprint density at radius 2 is 1.93 bits per heavy atom. The molecule has 1 heterocycles. The van der Waals surface area contributed by atoms with Crippen LogP contribution in [-0.4, -0.2) is 18.0 Å². The lowest BCUT2D eigenvalue weighted by Crippen LogP contribution is -2.32. The molecule has 0 radical (unpaired) electrons. The lowest BCUT2D eigenvalue weighted by atomic mass is 9.96. The Balaban J connectivity index is 1.93. The zero-order chi connectivity index (χ0) is 9.97. The van der Waals surface area contributed by atoms with Gasteiger partial charge in [-0.2, -0.15) is 0 Å². The van der Waals surface area contributed by atoms with Crippen molar-refractivity contribution >= 4 is 0 Å². The number of likely N-dealkylation sites (tertiary alicyclic amines) is 1. The summed E-state index contributed by atoms with van der Waals surface area (Å²) < 4.78 is 0. The van der Waals surface area contributed by atoms with E-state index in [0.717, 1.165) is 11.8 Å². The molecule has 0 aromatic heterocycles. The van der Waals surface area contributed by atoms with Gasteiger partial charge in [-0.05, 0) is 37.2 Å². The van der Waals surface area contributed by atoms with E-state index in [2.05, 4.69) is 37.0 Å². The fraction of sp³-hybridized carbons (Fsp3) is 0.692. The molecule has 1 aliphatic heterocycles. The van der Waals surface area contributed by atoms with Crippen LogP contribution < -0.4 is 0 Å². The third kappa shape index (κ3) is 2.20. The monoisotopic (exact) mass is 191 g/mol. The Labute approximate surface area is 87.5 Å². The fourth-order valence-electron chi connectivity index (χ4n) is 2.22. The summed E-state index contributed by atoms with van der Waals surface area (Å²) in [4.78, 5) is 2.54. The Hall–Kier alpha value is -0.720. The maximum Gasteiger partial charge on any atom is 0.0322 e. The Bertz CT molecular complexity index is 244. The molecule has 78 valence electrons.